The van der Waals surface area contributed by atoms with Crippen LogP contribution in [0.2, 0.25) is 0 Å². The fourth-order valence-corrected chi connectivity index (χ4v) is 2.82. The Labute approximate surface area is 90.0 Å². The molecule has 4 rings (SSSR count). The number of nitrogens with zero attached hydrogens (tertiary/aromatic N) is 2. The summed E-state index contributed by atoms with van der Waals surface area (Å²) in [6.45, 7) is 4.82. The molecule has 0 aromatic carbocycles. The van der Waals surface area contributed by atoms with Crippen molar-refractivity contribution < 1.29 is 0 Å². The van der Waals surface area contributed by atoms with Crippen LogP contribution in [0.4, 0.5) is 0 Å². The van der Waals surface area contributed by atoms with Gasteiger partial charge >= 0.3 is 0 Å². The Hall–Kier alpha value is -0.870. The van der Waals surface area contributed by atoms with Gasteiger partial charge < -0.3 is 10.2 Å². The van der Waals surface area contributed by atoms with Crippen LogP contribution in [0.3, 0.4) is 0 Å². The zero-order valence-corrected chi connectivity index (χ0v) is 8.95. The van der Waals surface area contributed by atoms with E-state index in [0.717, 1.165) is 12.5 Å². The molecule has 82 valence electrons. The van der Waals surface area contributed by atoms with E-state index < -0.39 is 0 Å². The van der Waals surface area contributed by atoms with Crippen molar-refractivity contribution in [1.29, 1.82) is 0 Å². The van der Waals surface area contributed by atoms with Gasteiger partial charge in [0, 0.05) is 30.9 Å². The molecule has 1 aromatic rings. The Kier molecular flexibility index (Phi) is 2.46. The number of nitrogens with one attached hydrogen (secondary N) is 2. The lowest BCUT2D eigenvalue weighted by Crippen LogP contribution is -2.55. The van der Waals surface area contributed by atoms with E-state index in [-0.39, 0.29) is 0 Å². The average Bonchev–Trinajstić information content (AvgIpc) is 2.81. The Bertz CT molecular complexity index is 300. The third-order valence-corrected chi connectivity index (χ3v) is 3.78. The molecule has 4 heteroatoms. The van der Waals surface area contributed by atoms with Gasteiger partial charge in [0.15, 0.2) is 0 Å². The minimum atomic E-state index is 0.697. The number of fused-ring (bicyclic) bond motifs is 3. The van der Waals surface area contributed by atoms with Gasteiger partial charge in [-0.1, -0.05) is 0 Å². The number of piperidine rings is 3. The predicted molar refractivity (Wildman–Crippen MR) is 58.4 cm³/mol. The summed E-state index contributed by atoms with van der Waals surface area (Å²) in [4.78, 5) is 2.58. The summed E-state index contributed by atoms with van der Waals surface area (Å²) >= 11 is 0. The fourth-order valence-electron chi connectivity index (χ4n) is 2.82. The first kappa shape index (κ1) is 9.36. The summed E-state index contributed by atoms with van der Waals surface area (Å²) < 4.78 is 0. The molecule has 2 bridgehead atoms. The summed E-state index contributed by atoms with van der Waals surface area (Å²) in [5.74, 6) is 0.905. The summed E-state index contributed by atoms with van der Waals surface area (Å²) in [5, 5.41) is 10.5. The second-order valence-electron chi connectivity index (χ2n) is 4.73. The van der Waals surface area contributed by atoms with Crippen molar-refractivity contribution in [2.45, 2.75) is 25.4 Å². The Morgan fingerprint density at radius 3 is 2.93 bits per heavy atom. The van der Waals surface area contributed by atoms with Crippen molar-refractivity contribution in [2.24, 2.45) is 5.92 Å². The molecule has 0 saturated carbocycles. The van der Waals surface area contributed by atoms with E-state index in [0.29, 0.717) is 6.04 Å². The largest absolute Gasteiger partial charge is 0.308 e. The smallest absolute Gasteiger partial charge is 0.0532 e. The maximum absolute atomic E-state index is 3.96. The molecule has 3 aliphatic heterocycles. The average molecular weight is 206 g/mol. The highest BCUT2D eigenvalue weighted by atomic mass is 15.2. The van der Waals surface area contributed by atoms with Crippen LogP contribution in [-0.4, -0.2) is 40.8 Å². The van der Waals surface area contributed by atoms with Crippen LogP contribution < -0.4 is 5.32 Å². The first-order valence-electron chi connectivity index (χ1n) is 5.85. The Balaban J connectivity index is 1.55. The molecular weight excluding hydrogens is 188 g/mol. The molecule has 2 N–H and O–H groups in total. The molecule has 0 aliphatic carbocycles. The third-order valence-electron chi connectivity index (χ3n) is 3.78. The molecule has 3 aliphatic rings. The Morgan fingerprint density at radius 1 is 1.47 bits per heavy atom. The predicted octanol–water partition coefficient (Wildman–Crippen LogP) is 0.593. The van der Waals surface area contributed by atoms with Gasteiger partial charge in [0.2, 0.25) is 0 Å². The van der Waals surface area contributed by atoms with Gasteiger partial charge in [-0.15, -0.1) is 0 Å². The highest BCUT2D eigenvalue weighted by Gasteiger charge is 2.33. The normalized spacial score (nSPS) is 34.5. The highest BCUT2D eigenvalue weighted by Crippen LogP contribution is 2.27. The first-order chi connectivity index (χ1) is 7.42. The van der Waals surface area contributed by atoms with Crippen LogP contribution in [-0.2, 0) is 6.54 Å². The standard InChI is InChI=1S/C11H18N4/c1-3-15-4-2-10(1)11(8-15)12-5-9-6-13-14-7-9/h6-7,10-12H,1-5,8H2,(H,13,14). The molecule has 0 spiro atoms. The lowest BCUT2D eigenvalue weighted by atomic mass is 9.84. The summed E-state index contributed by atoms with van der Waals surface area (Å²) in [7, 11) is 0. The van der Waals surface area contributed by atoms with Gasteiger partial charge in [0.25, 0.3) is 0 Å². The number of H-pyrrole nitrogens is 1. The molecule has 0 radical (unpaired) electrons. The van der Waals surface area contributed by atoms with Crippen LogP contribution >= 0.6 is 0 Å². The fraction of sp³-hybridized carbons (Fsp3) is 0.727. The van der Waals surface area contributed by atoms with E-state index in [4.69, 9.17) is 0 Å². The van der Waals surface area contributed by atoms with Crippen molar-refractivity contribution in [3.63, 3.8) is 0 Å². The van der Waals surface area contributed by atoms with E-state index in [1.807, 2.05) is 12.4 Å². The van der Waals surface area contributed by atoms with E-state index in [9.17, 15) is 0 Å². The second-order valence-corrected chi connectivity index (χ2v) is 4.73. The van der Waals surface area contributed by atoms with Crippen molar-refractivity contribution in [3.05, 3.63) is 18.0 Å². The molecule has 1 aromatic heterocycles. The van der Waals surface area contributed by atoms with Crippen molar-refractivity contribution in [2.75, 3.05) is 19.6 Å². The van der Waals surface area contributed by atoms with Gasteiger partial charge in [-0.25, -0.2) is 0 Å². The maximum atomic E-state index is 3.96. The lowest BCUT2D eigenvalue weighted by molar-refractivity contribution is 0.0720. The lowest BCUT2D eigenvalue weighted by Gasteiger charge is -2.45. The van der Waals surface area contributed by atoms with Gasteiger partial charge in [-0.05, 0) is 31.8 Å². The molecule has 15 heavy (non-hydrogen) atoms. The molecule has 0 amide bonds. The second kappa shape index (κ2) is 3.94. The zero-order valence-electron chi connectivity index (χ0n) is 8.95. The quantitative estimate of drug-likeness (QED) is 0.761. The number of hydrogen-bond donors (Lipinski definition) is 2. The van der Waals surface area contributed by atoms with Crippen LogP contribution in [0, 0.1) is 5.92 Å². The molecule has 1 atom stereocenters. The zero-order chi connectivity index (χ0) is 10.1. The van der Waals surface area contributed by atoms with Crippen molar-refractivity contribution in [3.8, 4) is 0 Å². The van der Waals surface area contributed by atoms with E-state index in [1.54, 1.807) is 0 Å². The van der Waals surface area contributed by atoms with Gasteiger partial charge in [0.1, 0.15) is 0 Å². The van der Waals surface area contributed by atoms with Gasteiger partial charge in [0.05, 0.1) is 6.20 Å². The van der Waals surface area contributed by atoms with E-state index >= 15 is 0 Å². The Morgan fingerprint density at radius 2 is 2.33 bits per heavy atom. The molecule has 3 fully saturated rings. The van der Waals surface area contributed by atoms with Crippen LogP contribution in [0.5, 0.6) is 0 Å². The van der Waals surface area contributed by atoms with Crippen molar-refractivity contribution >= 4 is 0 Å². The van der Waals surface area contributed by atoms with Gasteiger partial charge in [-0.2, -0.15) is 5.10 Å². The monoisotopic (exact) mass is 206 g/mol. The maximum Gasteiger partial charge on any atom is 0.0532 e. The molecule has 4 heterocycles. The number of aromatic nitrogens is 2. The summed E-state index contributed by atoms with van der Waals surface area (Å²) in [6, 6.07) is 0.697. The number of aromatic amines is 1. The summed E-state index contributed by atoms with van der Waals surface area (Å²) in [5.41, 5.74) is 1.26. The molecule has 1 unspecified atom stereocenters. The van der Waals surface area contributed by atoms with Gasteiger partial charge in [-0.3, -0.25) is 5.10 Å². The minimum absolute atomic E-state index is 0.697. The van der Waals surface area contributed by atoms with Crippen molar-refractivity contribution in [1.82, 2.24) is 20.4 Å². The molecule has 4 nitrogen and oxygen atoms in total. The molecular formula is C11H18N4. The van der Waals surface area contributed by atoms with E-state index in [2.05, 4.69) is 20.4 Å². The van der Waals surface area contributed by atoms with Crippen LogP contribution in [0.15, 0.2) is 12.4 Å². The van der Waals surface area contributed by atoms with E-state index in [1.165, 1.54) is 38.0 Å². The first-order valence-corrected chi connectivity index (χ1v) is 5.85. The highest BCUT2D eigenvalue weighted by molar-refractivity contribution is 5.03. The molecule has 3 saturated heterocycles. The number of hydrogen-bond acceptors (Lipinski definition) is 3. The minimum Gasteiger partial charge on any atom is -0.308 e. The van der Waals surface area contributed by atoms with Crippen LogP contribution in [0.1, 0.15) is 18.4 Å². The topological polar surface area (TPSA) is 44.0 Å². The third kappa shape index (κ3) is 1.92. The number of rotatable bonds is 3. The van der Waals surface area contributed by atoms with Crippen LogP contribution in [0.25, 0.3) is 0 Å². The SMILES string of the molecule is c1n[nH]cc1CNC1CN2CCC1CC2. The summed E-state index contributed by atoms with van der Waals surface area (Å²) in [6.07, 6.45) is 6.62.